The van der Waals surface area contributed by atoms with E-state index >= 15 is 0 Å². The van der Waals surface area contributed by atoms with Crippen LogP contribution in [0.2, 0.25) is 0 Å². The minimum atomic E-state index is -0.274. The second-order valence-electron chi connectivity index (χ2n) is 7.86. The number of benzene rings is 2. The average molecular weight is 438 g/mol. The van der Waals surface area contributed by atoms with Gasteiger partial charge in [0.25, 0.3) is 5.91 Å². The normalized spacial score (nSPS) is 15.5. The number of methoxy groups -OCH3 is 1. The number of phenolic OH excluding ortho intramolecular Hbond substituents is 1. The molecule has 7 heteroatoms. The van der Waals surface area contributed by atoms with Gasteiger partial charge in [0.15, 0.2) is 0 Å². The number of hydrogen-bond acceptors (Lipinski definition) is 5. The number of aromatic amines is 1. The third-order valence-electron chi connectivity index (χ3n) is 5.74. The lowest BCUT2D eigenvalue weighted by atomic mass is 9.94. The maximum atomic E-state index is 13.3. The molecule has 2 heterocycles. The highest BCUT2D eigenvalue weighted by atomic mass is 32.2. The Hall–Kier alpha value is -2.77. The number of nitrogens with zero attached hydrogens (tertiary/aromatic N) is 2. The van der Waals surface area contributed by atoms with Gasteiger partial charge in [-0.3, -0.25) is 9.89 Å². The van der Waals surface area contributed by atoms with E-state index in [2.05, 4.69) is 34.5 Å². The van der Waals surface area contributed by atoms with Gasteiger partial charge in [-0.2, -0.15) is 5.10 Å². The molecule has 162 valence electrons. The number of carbonyl (C=O) groups is 1. The molecule has 1 atom stereocenters. The molecule has 0 aliphatic carbocycles. The standard InChI is InChI=1S/C24H27N3O3S/c1-14-12-15(2)23(28)18(13-14)20-19-21(26-25-20)24(29)27(10-5-11-30-3)22(19)16-6-8-17(31-4)9-7-16/h6-9,12-13,22,28H,5,10-11H2,1-4H3,(H,25,26). The second kappa shape index (κ2) is 8.77. The first-order valence-electron chi connectivity index (χ1n) is 10.3. The summed E-state index contributed by atoms with van der Waals surface area (Å²) in [6, 6.07) is 11.9. The van der Waals surface area contributed by atoms with Crippen LogP contribution in [0.4, 0.5) is 0 Å². The largest absolute Gasteiger partial charge is 0.507 e. The lowest BCUT2D eigenvalue weighted by molar-refractivity contribution is 0.0723. The van der Waals surface area contributed by atoms with Gasteiger partial charge in [-0.05, 0) is 61.4 Å². The molecular formula is C24H27N3O3S. The quantitative estimate of drug-likeness (QED) is 0.414. The Bertz CT molecular complexity index is 1110. The summed E-state index contributed by atoms with van der Waals surface area (Å²) in [6.07, 6.45) is 2.78. The lowest BCUT2D eigenvalue weighted by Crippen LogP contribution is -2.31. The summed E-state index contributed by atoms with van der Waals surface area (Å²) in [6.45, 7) is 5.02. The lowest BCUT2D eigenvalue weighted by Gasteiger charge is -2.26. The van der Waals surface area contributed by atoms with Gasteiger partial charge < -0.3 is 14.7 Å². The highest BCUT2D eigenvalue weighted by Crippen LogP contribution is 2.45. The van der Waals surface area contributed by atoms with E-state index < -0.39 is 0 Å². The number of aromatic hydroxyl groups is 1. The minimum absolute atomic E-state index is 0.0762. The van der Waals surface area contributed by atoms with E-state index in [4.69, 9.17) is 4.74 Å². The van der Waals surface area contributed by atoms with Crippen LogP contribution in [-0.4, -0.2) is 52.6 Å². The van der Waals surface area contributed by atoms with Crippen LogP contribution in [0.3, 0.4) is 0 Å². The molecule has 1 aliphatic rings. The van der Waals surface area contributed by atoms with Gasteiger partial charge >= 0.3 is 0 Å². The molecule has 0 saturated heterocycles. The first-order valence-corrected chi connectivity index (χ1v) is 11.5. The van der Waals surface area contributed by atoms with Crippen molar-refractivity contribution in [2.24, 2.45) is 0 Å². The molecule has 0 saturated carbocycles. The van der Waals surface area contributed by atoms with Crippen molar-refractivity contribution < 1.29 is 14.6 Å². The number of ether oxygens (including phenoxy) is 1. The van der Waals surface area contributed by atoms with E-state index in [0.29, 0.717) is 30.1 Å². The Morgan fingerprint density at radius 3 is 2.65 bits per heavy atom. The first kappa shape index (κ1) is 21.5. The molecule has 0 radical (unpaired) electrons. The van der Waals surface area contributed by atoms with E-state index in [-0.39, 0.29) is 17.7 Å². The molecule has 1 amide bonds. The Balaban J connectivity index is 1.86. The molecule has 1 unspecified atom stereocenters. The molecule has 31 heavy (non-hydrogen) atoms. The molecular weight excluding hydrogens is 410 g/mol. The van der Waals surface area contributed by atoms with Crippen LogP contribution in [-0.2, 0) is 4.74 Å². The maximum Gasteiger partial charge on any atom is 0.273 e. The predicted octanol–water partition coefficient (Wildman–Crippen LogP) is 4.70. The zero-order valence-corrected chi connectivity index (χ0v) is 19.0. The van der Waals surface area contributed by atoms with E-state index in [1.165, 1.54) is 4.90 Å². The Morgan fingerprint density at radius 1 is 1.23 bits per heavy atom. The molecule has 6 nitrogen and oxygen atoms in total. The van der Waals surface area contributed by atoms with Crippen molar-refractivity contribution in [3.8, 4) is 17.0 Å². The van der Waals surface area contributed by atoms with Crippen molar-refractivity contribution in [3.63, 3.8) is 0 Å². The minimum Gasteiger partial charge on any atom is -0.507 e. The fourth-order valence-corrected chi connectivity index (χ4v) is 4.69. The second-order valence-corrected chi connectivity index (χ2v) is 8.74. The Morgan fingerprint density at radius 2 is 1.97 bits per heavy atom. The van der Waals surface area contributed by atoms with E-state index in [9.17, 15) is 9.90 Å². The first-order chi connectivity index (χ1) is 15.0. The number of rotatable bonds is 7. The van der Waals surface area contributed by atoms with E-state index in [0.717, 1.165) is 28.7 Å². The molecule has 4 rings (SSSR count). The number of aromatic nitrogens is 2. The van der Waals surface area contributed by atoms with Crippen molar-refractivity contribution in [2.75, 3.05) is 26.5 Å². The summed E-state index contributed by atoms with van der Waals surface area (Å²) in [5.74, 6) is 0.120. The molecule has 0 fully saturated rings. The number of amides is 1. The Kier molecular flexibility index (Phi) is 6.07. The van der Waals surface area contributed by atoms with Crippen LogP contribution in [0.5, 0.6) is 5.75 Å². The summed E-state index contributed by atoms with van der Waals surface area (Å²) in [7, 11) is 1.66. The molecule has 1 aromatic heterocycles. The molecule has 2 N–H and O–H groups in total. The van der Waals surface area contributed by atoms with Crippen LogP contribution in [0.15, 0.2) is 41.3 Å². The zero-order chi connectivity index (χ0) is 22.1. The maximum absolute atomic E-state index is 13.3. The van der Waals surface area contributed by atoms with Gasteiger partial charge in [-0.1, -0.05) is 18.2 Å². The zero-order valence-electron chi connectivity index (χ0n) is 18.2. The van der Waals surface area contributed by atoms with Crippen LogP contribution in [0.25, 0.3) is 11.3 Å². The number of phenols is 1. The van der Waals surface area contributed by atoms with Crippen LogP contribution in [0, 0.1) is 13.8 Å². The van der Waals surface area contributed by atoms with Gasteiger partial charge in [0.2, 0.25) is 0 Å². The van der Waals surface area contributed by atoms with Crippen molar-refractivity contribution in [1.29, 1.82) is 0 Å². The van der Waals surface area contributed by atoms with Crippen molar-refractivity contribution >= 4 is 17.7 Å². The third-order valence-corrected chi connectivity index (χ3v) is 6.49. The number of carbonyl (C=O) groups excluding carboxylic acids is 1. The van der Waals surface area contributed by atoms with Crippen LogP contribution < -0.4 is 0 Å². The molecule has 0 spiro atoms. The number of hydrogen-bond donors (Lipinski definition) is 2. The summed E-state index contributed by atoms with van der Waals surface area (Å²) >= 11 is 1.68. The van der Waals surface area contributed by atoms with Gasteiger partial charge in [-0.15, -0.1) is 11.8 Å². The number of fused-ring (bicyclic) bond motifs is 1. The van der Waals surface area contributed by atoms with Gasteiger partial charge in [0, 0.05) is 36.3 Å². The smallest absolute Gasteiger partial charge is 0.273 e. The monoisotopic (exact) mass is 437 g/mol. The molecule has 0 bridgehead atoms. The van der Waals surface area contributed by atoms with Crippen molar-refractivity contribution in [3.05, 3.63) is 64.3 Å². The summed E-state index contributed by atoms with van der Waals surface area (Å²) in [5, 5.41) is 18.2. The van der Waals surface area contributed by atoms with Gasteiger partial charge in [0.1, 0.15) is 17.1 Å². The number of H-pyrrole nitrogens is 1. The van der Waals surface area contributed by atoms with Crippen LogP contribution in [0.1, 0.15) is 45.2 Å². The highest BCUT2D eigenvalue weighted by molar-refractivity contribution is 7.98. The number of nitrogens with one attached hydrogen (secondary N) is 1. The average Bonchev–Trinajstić information content (AvgIpc) is 3.30. The van der Waals surface area contributed by atoms with E-state index in [1.54, 1.807) is 18.9 Å². The topological polar surface area (TPSA) is 78.5 Å². The van der Waals surface area contributed by atoms with Crippen molar-refractivity contribution in [1.82, 2.24) is 15.1 Å². The van der Waals surface area contributed by atoms with E-state index in [1.807, 2.05) is 37.1 Å². The fourth-order valence-electron chi connectivity index (χ4n) is 4.29. The Labute approximate surface area is 186 Å². The molecule has 1 aliphatic heterocycles. The van der Waals surface area contributed by atoms with Crippen molar-refractivity contribution in [2.45, 2.75) is 31.2 Å². The summed E-state index contributed by atoms with van der Waals surface area (Å²) in [4.78, 5) is 16.3. The van der Waals surface area contributed by atoms with Gasteiger partial charge in [0.05, 0.1) is 6.04 Å². The van der Waals surface area contributed by atoms with Crippen LogP contribution >= 0.6 is 11.8 Å². The predicted molar refractivity (Wildman–Crippen MR) is 123 cm³/mol. The molecule has 2 aromatic carbocycles. The number of thioether (sulfide) groups is 1. The SMILES string of the molecule is COCCCN1C(=O)c2[nH]nc(-c3cc(C)cc(C)c3O)c2C1c1ccc(SC)cc1. The number of aryl methyl sites for hydroxylation is 2. The summed E-state index contributed by atoms with van der Waals surface area (Å²) < 4.78 is 5.21. The highest BCUT2D eigenvalue weighted by Gasteiger charge is 2.42. The fraction of sp³-hybridized carbons (Fsp3) is 0.333. The van der Waals surface area contributed by atoms with Gasteiger partial charge in [-0.25, -0.2) is 0 Å². The summed E-state index contributed by atoms with van der Waals surface area (Å²) in [5.41, 5.74) is 5.42. The third kappa shape index (κ3) is 3.83. The molecule has 3 aromatic rings.